The predicted octanol–water partition coefficient (Wildman–Crippen LogP) is 4.65. The average molecular weight is 385 g/mol. The van der Waals surface area contributed by atoms with Crippen LogP contribution in [-0.4, -0.2) is 11.1 Å². The molecule has 0 spiro atoms. The van der Waals surface area contributed by atoms with Crippen LogP contribution in [-0.2, 0) is 6.54 Å². The van der Waals surface area contributed by atoms with Gasteiger partial charge in [-0.05, 0) is 31.5 Å². The molecule has 4 nitrogen and oxygen atoms in total. The highest BCUT2D eigenvalue weighted by Gasteiger charge is 2.21. The van der Waals surface area contributed by atoms with E-state index in [9.17, 15) is 4.79 Å². The second-order valence-corrected chi connectivity index (χ2v) is 6.55. The van der Waals surface area contributed by atoms with Gasteiger partial charge in [0.15, 0.2) is 0 Å². The van der Waals surface area contributed by atoms with E-state index < -0.39 is 0 Å². The van der Waals surface area contributed by atoms with E-state index in [-0.39, 0.29) is 5.91 Å². The van der Waals surface area contributed by atoms with Crippen molar-refractivity contribution in [2.75, 3.05) is 0 Å². The van der Waals surface area contributed by atoms with Crippen LogP contribution in [0.3, 0.4) is 0 Å². The quantitative estimate of drug-likeness (QED) is 0.711. The summed E-state index contributed by atoms with van der Waals surface area (Å²) in [6, 6.07) is 15.7. The fourth-order valence-corrected chi connectivity index (χ4v) is 2.69. The van der Waals surface area contributed by atoms with E-state index in [0.717, 1.165) is 15.6 Å². The summed E-state index contributed by atoms with van der Waals surface area (Å²) in [6.07, 6.45) is 0. The first-order valence-corrected chi connectivity index (χ1v) is 8.40. The SMILES string of the molecule is Cc1ccc(CNC(=O)c2c(-c3ccc(Br)cc3)noc2C)cc1. The number of hydrogen-bond donors (Lipinski definition) is 1. The Kier molecular flexibility index (Phi) is 4.81. The third-order valence-corrected chi connectivity index (χ3v) is 4.31. The van der Waals surface area contributed by atoms with E-state index in [2.05, 4.69) is 26.4 Å². The molecule has 24 heavy (non-hydrogen) atoms. The van der Waals surface area contributed by atoms with Gasteiger partial charge in [0.2, 0.25) is 0 Å². The summed E-state index contributed by atoms with van der Waals surface area (Å²) in [5, 5.41) is 6.99. The summed E-state index contributed by atoms with van der Waals surface area (Å²) in [5.41, 5.74) is 4.12. The van der Waals surface area contributed by atoms with Crippen molar-refractivity contribution < 1.29 is 9.32 Å². The lowest BCUT2D eigenvalue weighted by atomic mass is 10.1. The Morgan fingerprint density at radius 2 is 1.75 bits per heavy atom. The highest BCUT2D eigenvalue weighted by Crippen LogP contribution is 2.26. The molecule has 1 aromatic heterocycles. The average Bonchev–Trinajstić information content (AvgIpc) is 2.96. The molecule has 2 aromatic carbocycles. The first kappa shape index (κ1) is 16.5. The van der Waals surface area contributed by atoms with E-state index >= 15 is 0 Å². The lowest BCUT2D eigenvalue weighted by molar-refractivity contribution is 0.0950. The Bertz CT molecular complexity index is 852. The van der Waals surface area contributed by atoms with Gasteiger partial charge in [-0.15, -0.1) is 0 Å². The van der Waals surface area contributed by atoms with Crippen molar-refractivity contribution in [1.82, 2.24) is 10.5 Å². The molecule has 1 N–H and O–H groups in total. The van der Waals surface area contributed by atoms with Crippen LogP contribution in [0, 0.1) is 13.8 Å². The molecule has 0 aliphatic rings. The van der Waals surface area contributed by atoms with Crippen LogP contribution in [0.2, 0.25) is 0 Å². The lowest BCUT2D eigenvalue weighted by Crippen LogP contribution is -2.23. The molecule has 3 aromatic rings. The van der Waals surface area contributed by atoms with Gasteiger partial charge < -0.3 is 9.84 Å². The highest BCUT2D eigenvalue weighted by molar-refractivity contribution is 9.10. The van der Waals surface area contributed by atoms with Gasteiger partial charge >= 0.3 is 0 Å². The Balaban J connectivity index is 1.81. The van der Waals surface area contributed by atoms with Crippen molar-refractivity contribution in [3.8, 4) is 11.3 Å². The molecule has 122 valence electrons. The first-order chi connectivity index (χ1) is 11.5. The van der Waals surface area contributed by atoms with Crippen molar-refractivity contribution in [3.63, 3.8) is 0 Å². The minimum absolute atomic E-state index is 0.188. The van der Waals surface area contributed by atoms with Gasteiger partial charge in [-0.2, -0.15) is 0 Å². The van der Waals surface area contributed by atoms with Crippen molar-refractivity contribution >= 4 is 21.8 Å². The van der Waals surface area contributed by atoms with E-state index in [1.54, 1.807) is 6.92 Å². The number of aryl methyl sites for hydroxylation is 2. The van der Waals surface area contributed by atoms with E-state index in [1.165, 1.54) is 5.56 Å². The van der Waals surface area contributed by atoms with Crippen LogP contribution in [0.15, 0.2) is 57.5 Å². The molecular weight excluding hydrogens is 368 g/mol. The zero-order valence-corrected chi connectivity index (χ0v) is 15.1. The second kappa shape index (κ2) is 7.01. The maximum absolute atomic E-state index is 12.6. The zero-order valence-electron chi connectivity index (χ0n) is 13.5. The third-order valence-electron chi connectivity index (χ3n) is 3.78. The minimum Gasteiger partial charge on any atom is -0.360 e. The molecule has 0 fully saturated rings. The summed E-state index contributed by atoms with van der Waals surface area (Å²) >= 11 is 3.40. The molecule has 0 aliphatic carbocycles. The number of rotatable bonds is 4. The van der Waals surface area contributed by atoms with Crippen LogP contribution >= 0.6 is 15.9 Å². The smallest absolute Gasteiger partial charge is 0.257 e. The van der Waals surface area contributed by atoms with Gasteiger partial charge in [0.05, 0.1) is 0 Å². The normalized spacial score (nSPS) is 10.6. The number of aromatic nitrogens is 1. The van der Waals surface area contributed by atoms with E-state index in [0.29, 0.717) is 23.6 Å². The van der Waals surface area contributed by atoms with Gasteiger partial charge in [-0.1, -0.05) is 63.0 Å². The molecule has 0 bridgehead atoms. The lowest BCUT2D eigenvalue weighted by Gasteiger charge is -2.06. The number of carbonyl (C=O) groups excluding carboxylic acids is 1. The molecule has 1 amide bonds. The van der Waals surface area contributed by atoms with Crippen molar-refractivity contribution in [2.24, 2.45) is 0 Å². The summed E-state index contributed by atoms with van der Waals surface area (Å²) < 4.78 is 6.22. The number of hydrogen-bond acceptors (Lipinski definition) is 3. The Morgan fingerprint density at radius 1 is 1.08 bits per heavy atom. The second-order valence-electron chi connectivity index (χ2n) is 5.64. The largest absolute Gasteiger partial charge is 0.360 e. The van der Waals surface area contributed by atoms with Gasteiger partial charge in [0.1, 0.15) is 17.0 Å². The topological polar surface area (TPSA) is 55.1 Å². The van der Waals surface area contributed by atoms with Crippen molar-refractivity contribution in [1.29, 1.82) is 0 Å². The molecule has 0 radical (unpaired) electrons. The van der Waals surface area contributed by atoms with Crippen molar-refractivity contribution in [2.45, 2.75) is 20.4 Å². The minimum atomic E-state index is -0.188. The summed E-state index contributed by atoms with van der Waals surface area (Å²) in [7, 11) is 0. The van der Waals surface area contributed by atoms with Gasteiger partial charge in [0.25, 0.3) is 5.91 Å². The predicted molar refractivity (Wildman–Crippen MR) is 96.7 cm³/mol. The van der Waals surface area contributed by atoms with Crippen LogP contribution < -0.4 is 5.32 Å². The summed E-state index contributed by atoms with van der Waals surface area (Å²) in [6.45, 7) is 4.24. The number of amides is 1. The van der Waals surface area contributed by atoms with Crippen LogP contribution in [0.5, 0.6) is 0 Å². The number of carbonyl (C=O) groups is 1. The van der Waals surface area contributed by atoms with E-state index in [1.807, 2.05) is 55.5 Å². The van der Waals surface area contributed by atoms with Gasteiger partial charge in [0, 0.05) is 16.6 Å². The maximum atomic E-state index is 12.6. The molecule has 0 saturated carbocycles. The molecule has 0 atom stereocenters. The Hall–Kier alpha value is -2.40. The molecule has 5 heteroatoms. The monoisotopic (exact) mass is 384 g/mol. The number of nitrogens with one attached hydrogen (secondary N) is 1. The van der Waals surface area contributed by atoms with E-state index in [4.69, 9.17) is 4.52 Å². The number of nitrogens with zero attached hydrogens (tertiary/aromatic N) is 1. The van der Waals surface area contributed by atoms with Crippen molar-refractivity contribution in [3.05, 3.63) is 75.5 Å². The zero-order chi connectivity index (χ0) is 17.1. The Morgan fingerprint density at radius 3 is 2.42 bits per heavy atom. The number of benzene rings is 2. The molecular formula is C19H17BrN2O2. The van der Waals surface area contributed by atoms with Crippen LogP contribution in [0.4, 0.5) is 0 Å². The summed E-state index contributed by atoms with van der Waals surface area (Å²) in [4.78, 5) is 12.6. The highest BCUT2D eigenvalue weighted by atomic mass is 79.9. The number of halogens is 1. The van der Waals surface area contributed by atoms with Crippen LogP contribution in [0.25, 0.3) is 11.3 Å². The molecule has 0 unspecified atom stereocenters. The maximum Gasteiger partial charge on any atom is 0.257 e. The van der Waals surface area contributed by atoms with Crippen LogP contribution in [0.1, 0.15) is 27.2 Å². The fraction of sp³-hybridized carbons (Fsp3) is 0.158. The molecule has 1 heterocycles. The standard InChI is InChI=1S/C19H17BrN2O2/c1-12-3-5-14(6-4-12)11-21-19(23)17-13(2)24-22-18(17)15-7-9-16(20)10-8-15/h3-10H,11H2,1-2H3,(H,21,23). The molecule has 0 saturated heterocycles. The molecule has 0 aliphatic heterocycles. The van der Waals surface area contributed by atoms with Gasteiger partial charge in [-0.25, -0.2) is 0 Å². The fourth-order valence-electron chi connectivity index (χ4n) is 2.42. The first-order valence-electron chi connectivity index (χ1n) is 7.60. The third kappa shape index (κ3) is 3.57. The Labute approximate surface area is 149 Å². The molecule has 3 rings (SSSR count). The summed E-state index contributed by atoms with van der Waals surface area (Å²) in [5.74, 6) is 0.321. The van der Waals surface area contributed by atoms with Gasteiger partial charge in [-0.3, -0.25) is 4.79 Å².